The molecule has 2 N–H and O–H groups in total. The van der Waals surface area contributed by atoms with Crippen molar-refractivity contribution < 1.29 is 4.79 Å². The molecule has 0 bridgehead atoms. The number of unbranched alkanes of at least 4 members (excludes halogenated alkanes) is 1. The number of rotatable bonds is 9. The van der Waals surface area contributed by atoms with Crippen LogP contribution in [0.3, 0.4) is 0 Å². The molecule has 0 aromatic rings. The summed E-state index contributed by atoms with van der Waals surface area (Å²) in [6.45, 7) is 8.60. The molecule has 16 heavy (non-hydrogen) atoms. The number of amides is 1. The standard InChI is InChI=1S/C14H29NO/c1-5-9-10-12(6-2)11-14(7-3,8-4)13(15)16/h12H,5-11H2,1-4H3,(H2,15,16). The smallest absolute Gasteiger partial charge is 0.223 e. The van der Waals surface area contributed by atoms with E-state index < -0.39 is 0 Å². The predicted molar refractivity (Wildman–Crippen MR) is 70.1 cm³/mol. The number of hydrogen-bond acceptors (Lipinski definition) is 1. The molecule has 1 atom stereocenters. The van der Waals surface area contributed by atoms with Crippen LogP contribution in [0.15, 0.2) is 0 Å². The summed E-state index contributed by atoms with van der Waals surface area (Å²) in [6.07, 6.45) is 7.63. The molecule has 0 fully saturated rings. The van der Waals surface area contributed by atoms with Gasteiger partial charge in [-0.25, -0.2) is 0 Å². The minimum atomic E-state index is -0.256. The van der Waals surface area contributed by atoms with Crippen molar-refractivity contribution in [3.8, 4) is 0 Å². The predicted octanol–water partition coefficient (Wildman–Crippen LogP) is 3.88. The third-order valence-corrected chi connectivity index (χ3v) is 4.10. The Hall–Kier alpha value is -0.530. The lowest BCUT2D eigenvalue weighted by Gasteiger charge is -2.32. The first-order valence-electron chi connectivity index (χ1n) is 6.86. The van der Waals surface area contributed by atoms with Crippen molar-refractivity contribution in [3.05, 3.63) is 0 Å². The van der Waals surface area contributed by atoms with Gasteiger partial charge in [-0.3, -0.25) is 4.79 Å². The SMILES string of the molecule is CCCCC(CC)CC(CC)(CC)C(N)=O. The zero-order valence-electron chi connectivity index (χ0n) is 11.5. The fraction of sp³-hybridized carbons (Fsp3) is 0.929. The molecular weight excluding hydrogens is 198 g/mol. The summed E-state index contributed by atoms with van der Waals surface area (Å²) in [5.41, 5.74) is 5.33. The van der Waals surface area contributed by atoms with Crippen molar-refractivity contribution in [2.24, 2.45) is 17.1 Å². The van der Waals surface area contributed by atoms with E-state index in [1.54, 1.807) is 0 Å². The van der Waals surface area contributed by atoms with Gasteiger partial charge in [-0.1, -0.05) is 53.4 Å². The highest BCUT2D eigenvalue weighted by Gasteiger charge is 2.34. The van der Waals surface area contributed by atoms with E-state index in [1.165, 1.54) is 19.3 Å². The van der Waals surface area contributed by atoms with Gasteiger partial charge in [-0.15, -0.1) is 0 Å². The van der Waals surface area contributed by atoms with Gasteiger partial charge < -0.3 is 5.73 Å². The van der Waals surface area contributed by atoms with Crippen LogP contribution in [-0.4, -0.2) is 5.91 Å². The molecule has 0 spiro atoms. The number of hydrogen-bond donors (Lipinski definition) is 1. The average Bonchev–Trinajstić information content (AvgIpc) is 2.30. The van der Waals surface area contributed by atoms with Gasteiger partial charge in [-0.05, 0) is 25.2 Å². The van der Waals surface area contributed by atoms with Gasteiger partial charge >= 0.3 is 0 Å². The lowest BCUT2D eigenvalue weighted by Crippen LogP contribution is -2.37. The van der Waals surface area contributed by atoms with E-state index >= 15 is 0 Å². The van der Waals surface area contributed by atoms with Crippen molar-refractivity contribution in [1.82, 2.24) is 0 Å². The van der Waals surface area contributed by atoms with Gasteiger partial charge in [0.05, 0.1) is 0 Å². The average molecular weight is 227 g/mol. The Morgan fingerprint density at radius 3 is 2.06 bits per heavy atom. The molecule has 1 unspecified atom stereocenters. The summed E-state index contributed by atoms with van der Waals surface area (Å²) < 4.78 is 0. The molecule has 1 amide bonds. The molecule has 0 heterocycles. The molecule has 0 aromatic carbocycles. The highest BCUT2D eigenvalue weighted by atomic mass is 16.1. The van der Waals surface area contributed by atoms with Crippen LogP contribution >= 0.6 is 0 Å². The molecular formula is C14H29NO. The molecule has 0 saturated heterocycles. The van der Waals surface area contributed by atoms with E-state index in [0.717, 1.165) is 25.7 Å². The van der Waals surface area contributed by atoms with Crippen molar-refractivity contribution in [2.45, 2.75) is 72.6 Å². The Balaban J connectivity index is 4.51. The van der Waals surface area contributed by atoms with Crippen molar-refractivity contribution in [2.75, 3.05) is 0 Å². The van der Waals surface area contributed by atoms with E-state index in [0.29, 0.717) is 5.92 Å². The van der Waals surface area contributed by atoms with Crippen LogP contribution in [0.25, 0.3) is 0 Å². The zero-order chi connectivity index (χ0) is 12.6. The van der Waals surface area contributed by atoms with Crippen LogP contribution in [0.2, 0.25) is 0 Å². The van der Waals surface area contributed by atoms with Gasteiger partial charge in [0.15, 0.2) is 0 Å². The van der Waals surface area contributed by atoms with Gasteiger partial charge in [0.1, 0.15) is 0 Å². The Labute approximate surface area is 101 Å². The van der Waals surface area contributed by atoms with Crippen LogP contribution in [0, 0.1) is 11.3 Å². The summed E-state index contributed by atoms with van der Waals surface area (Å²) in [7, 11) is 0. The maximum absolute atomic E-state index is 11.6. The van der Waals surface area contributed by atoms with E-state index in [9.17, 15) is 4.79 Å². The van der Waals surface area contributed by atoms with E-state index in [1.807, 2.05) is 0 Å². The summed E-state index contributed by atoms with van der Waals surface area (Å²) in [4.78, 5) is 11.6. The monoisotopic (exact) mass is 227 g/mol. The second-order valence-electron chi connectivity index (χ2n) is 4.97. The highest BCUT2D eigenvalue weighted by molar-refractivity contribution is 5.80. The normalized spacial score (nSPS) is 13.8. The third-order valence-electron chi connectivity index (χ3n) is 4.10. The number of carbonyl (C=O) groups excluding carboxylic acids is 1. The van der Waals surface area contributed by atoms with Gasteiger partial charge in [0.25, 0.3) is 0 Å². The molecule has 0 aliphatic carbocycles. The second kappa shape index (κ2) is 7.70. The summed E-state index contributed by atoms with van der Waals surface area (Å²) in [5, 5.41) is 0. The molecule has 0 aromatic heterocycles. The first-order valence-corrected chi connectivity index (χ1v) is 6.86. The van der Waals surface area contributed by atoms with Crippen LogP contribution in [0.1, 0.15) is 72.6 Å². The minimum Gasteiger partial charge on any atom is -0.369 e. The van der Waals surface area contributed by atoms with E-state index in [2.05, 4.69) is 27.7 Å². The van der Waals surface area contributed by atoms with Crippen molar-refractivity contribution >= 4 is 5.91 Å². The zero-order valence-corrected chi connectivity index (χ0v) is 11.5. The Morgan fingerprint density at radius 2 is 1.75 bits per heavy atom. The first kappa shape index (κ1) is 15.5. The summed E-state index contributed by atoms with van der Waals surface area (Å²) in [6, 6.07) is 0. The fourth-order valence-electron chi connectivity index (χ4n) is 2.48. The first-order chi connectivity index (χ1) is 7.56. The topological polar surface area (TPSA) is 43.1 Å². The Morgan fingerprint density at radius 1 is 1.19 bits per heavy atom. The molecule has 96 valence electrons. The summed E-state index contributed by atoms with van der Waals surface area (Å²) >= 11 is 0. The second-order valence-corrected chi connectivity index (χ2v) is 4.97. The molecule has 2 nitrogen and oxygen atoms in total. The van der Waals surface area contributed by atoms with Gasteiger partial charge in [0.2, 0.25) is 5.91 Å². The Kier molecular flexibility index (Phi) is 7.44. The lowest BCUT2D eigenvalue weighted by atomic mass is 9.72. The van der Waals surface area contributed by atoms with Gasteiger partial charge in [0, 0.05) is 5.41 Å². The number of carbonyl (C=O) groups is 1. The van der Waals surface area contributed by atoms with Crippen LogP contribution < -0.4 is 5.73 Å². The van der Waals surface area contributed by atoms with Crippen molar-refractivity contribution in [1.29, 1.82) is 0 Å². The third kappa shape index (κ3) is 4.15. The largest absolute Gasteiger partial charge is 0.369 e. The lowest BCUT2D eigenvalue weighted by molar-refractivity contribution is -0.129. The number of primary amides is 1. The van der Waals surface area contributed by atoms with Crippen LogP contribution in [0.4, 0.5) is 0 Å². The maximum atomic E-state index is 11.6. The van der Waals surface area contributed by atoms with E-state index in [4.69, 9.17) is 5.73 Å². The maximum Gasteiger partial charge on any atom is 0.223 e. The van der Waals surface area contributed by atoms with Crippen LogP contribution in [0.5, 0.6) is 0 Å². The van der Waals surface area contributed by atoms with Crippen LogP contribution in [-0.2, 0) is 4.79 Å². The van der Waals surface area contributed by atoms with Crippen molar-refractivity contribution in [3.63, 3.8) is 0 Å². The molecule has 0 saturated carbocycles. The molecule has 0 aliphatic heterocycles. The summed E-state index contributed by atoms with van der Waals surface area (Å²) in [5.74, 6) is 0.555. The fourth-order valence-corrected chi connectivity index (χ4v) is 2.48. The van der Waals surface area contributed by atoms with E-state index in [-0.39, 0.29) is 11.3 Å². The molecule has 0 aliphatic rings. The highest BCUT2D eigenvalue weighted by Crippen LogP contribution is 2.36. The molecule has 0 radical (unpaired) electrons. The molecule has 2 heteroatoms. The minimum absolute atomic E-state index is 0.104. The quantitative estimate of drug-likeness (QED) is 0.638. The molecule has 0 rings (SSSR count). The number of nitrogens with two attached hydrogens (primary N) is 1. The van der Waals surface area contributed by atoms with Gasteiger partial charge in [-0.2, -0.15) is 0 Å². The Bertz CT molecular complexity index is 197.